The third-order valence-electron chi connectivity index (χ3n) is 2.75. The molecule has 96 valence electrons. The second-order valence-electron chi connectivity index (χ2n) is 4.43. The highest BCUT2D eigenvalue weighted by atomic mass is 32.2. The lowest BCUT2D eigenvalue weighted by molar-refractivity contribution is 0.196. The first kappa shape index (κ1) is 12.9. The summed E-state index contributed by atoms with van der Waals surface area (Å²) in [6.07, 6.45) is 5.05. The van der Waals surface area contributed by atoms with Crippen LogP contribution in [0.15, 0.2) is 11.7 Å². The Morgan fingerprint density at radius 1 is 1.65 bits per heavy atom. The van der Waals surface area contributed by atoms with Crippen molar-refractivity contribution in [3.63, 3.8) is 0 Å². The minimum Gasteiger partial charge on any atom is -0.297 e. The van der Waals surface area contributed by atoms with Crippen LogP contribution in [0.4, 0.5) is 0 Å². The van der Waals surface area contributed by atoms with Crippen LogP contribution in [0.1, 0.15) is 17.7 Å². The summed E-state index contributed by atoms with van der Waals surface area (Å²) in [6, 6.07) is 0.0478. The highest BCUT2D eigenvalue weighted by Crippen LogP contribution is 2.16. The Morgan fingerprint density at radius 3 is 3.12 bits per heavy atom. The molecule has 0 aliphatic carbocycles. The van der Waals surface area contributed by atoms with Crippen LogP contribution in [-0.2, 0) is 16.6 Å². The van der Waals surface area contributed by atoms with Crippen molar-refractivity contribution >= 4 is 21.4 Å². The minimum absolute atomic E-state index is 0.0478. The SMILES string of the molecule is CS(=O)(=O)NC1CCCN(Cc2cncs2)C1. The molecule has 1 N–H and O–H groups in total. The van der Waals surface area contributed by atoms with Crippen LogP contribution in [0.3, 0.4) is 0 Å². The fourth-order valence-electron chi connectivity index (χ4n) is 2.14. The first-order chi connectivity index (χ1) is 8.03. The number of sulfonamides is 1. The molecule has 0 aromatic carbocycles. The van der Waals surface area contributed by atoms with Crippen LogP contribution in [0, 0.1) is 0 Å². The van der Waals surface area contributed by atoms with Crippen LogP contribution in [-0.4, -0.2) is 43.7 Å². The maximum absolute atomic E-state index is 11.2. The monoisotopic (exact) mass is 275 g/mol. The summed E-state index contributed by atoms with van der Waals surface area (Å²) >= 11 is 1.64. The van der Waals surface area contributed by atoms with E-state index < -0.39 is 10.0 Å². The lowest BCUT2D eigenvalue weighted by atomic mass is 10.1. The Hall–Kier alpha value is -0.500. The van der Waals surface area contributed by atoms with Crippen LogP contribution < -0.4 is 4.72 Å². The fraction of sp³-hybridized carbons (Fsp3) is 0.700. The van der Waals surface area contributed by atoms with Crippen LogP contribution in [0.2, 0.25) is 0 Å². The molecule has 2 heterocycles. The summed E-state index contributed by atoms with van der Waals surface area (Å²) < 4.78 is 25.1. The number of nitrogens with one attached hydrogen (secondary N) is 1. The number of thiazole rings is 1. The molecule has 1 unspecified atom stereocenters. The predicted molar refractivity (Wildman–Crippen MR) is 68.4 cm³/mol. The smallest absolute Gasteiger partial charge is 0.208 e. The second kappa shape index (κ2) is 5.43. The molecule has 1 aliphatic heterocycles. The van der Waals surface area contributed by atoms with Crippen molar-refractivity contribution in [3.05, 3.63) is 16.6 Å². The quantitative estimate of drug-likeness (QED) is 0.877. The van der Waals surface area contributed by atoms with Crippen molar-refractivity contribution in [1.82, 2.24) is 14.6 Å². The van der Waals surface area contributed by atoms with Gasteiger partial charge in [-0.2, -0.15) is 0 Å². The van der Waals surface area contributed by atoms with Gasteiger partial charge in [0.1, 0.15) is 0 Å². The molecular weight excluding hydrogens is 258 g/mol. The summed E-state index contributed by atoms with van der Waals surface area (Å²) in [7, 11) is -3.10. The van der Waals surface area contributed by atoms with Gasteiger partial charge < -0.3 is 0 Å². The number of nitrogens with zero attached hydrogens (tertiary/aromatic N) is 2. The average Bonchev–Trinajstić information content (AvgIpc) is 2.68. The predicted octanol–water partition coefficient (Wildman–Crippen LogP) is 0.657. The lowest BCUT2D eigenvalue weighted by Crippen LogP contribution is -2.46. The lowest BCUT2D eigenvalue weighted by Gasteiger charge is -2.32. The number of rotatable bonds is 4. The number of hydrogen-bond donors (Lipinski definition) is 1. The number of aromatic nitrogens is 1. The molecule has 1 saturated heterocycles. The molecule has 1 aliphatic rings. The van der Waals surface area contributed by atoms with E-state index in [1.54, 1.807) is 11.3 Å². The van der Waals surface area contributed by atoms with Gasteiger partial charge >= 0.3 is 0 Å². The van der Waals surface area contributed by atoms with Gasteiger partial charge in [-0.1, -0.05) is 0 Å². The topological polar surface area (TPSA) is 62.3 Å². The van der Waals surface area contributed by atoms with E-state index in [1.165, 1.54) is 11.1 Å². The van der Waals surface area contributed by atoms with Gasteiger partial charge in [0, 0.05) is 30.2 Å². The molecule has 0 bridgehead atoms. The van der Waals surface area contributed by atoms with Crippen molar-refractivity contribution in [1.29, 1.82) is 0 Å². The van der Waals surface area contributed by atoms with Gasteiger partial charge in [0.25, 0.3) is 0 Å². The molecule has 0 radical (unpaired) electrons. The molecule has 1 atom stereocenters. The summed E-state index contributed by atoms with van der Waals surface area (Å²) in [5.41, 5.74) is 1.82. The highest BCUT2D eigenvalue weighted by Gasteiger charge is 2.22. The number of likely N-dealkylation sites (tertiary alicyclic amines) is 1. The van der Waals surface area contributed by atoms with Crippen molar-refractivity contribution in [2.45, 2.75) is 25.4 Å². The molecular formula is C10H17N3O2S2. The Kier molecular flexibility index (Phi) is 4.13. The maximum atomic E-state index is 11.2. The third-order valence-corrected chi connectivity index (χ3v) is 4.28. The largest absolute Gasteiger partial charge is 0.297 e. The molecule has 17 heavy (non-hydrogen) atoms. The molecule has 2 rings (SSSR count). The van der Waals surface area contributed by atoms with Gasteiger partial charge in [-0.15, -0.1) is 11.3 Å². The van der Waals surface area contributed by atoms with E-state index in [-0.39, 0.29) is 6.04 Å². The van der Waals surface area contributed by atoms with Crippen molar-refractivity contribution < 1.29 is 8.42 Å². The Labute approximate surface area is 106 Å². The molecule has 1 aromatic rings. The standard InChI is InChI=1S/C10H17N3O2S2/c1-17(14,15)12-9-3-2-4-13(6-9)7-10-5-11-8-16-10/h5,8-9,12H,2-4,6-7H2,1H3. The Balaban J connectivity index is 1.89. The van der Waals surface area contributed by atoms with E-state index in [2.05, 4.69) is 14.6 Å². The molecule has 7 heteroatoms. The van der Waals surface area contributed by atoms with E-state index in [0.29, 0.717) is 0 Å². The molecule has 0 spiro atoms. The van der Waals surface area contributed by atoms with Crippen LogP contribution >= 0.6 is 11.3 Å². The van der Waals surface area contributed by atoms with Crippen LogP contribution in [0.25, 0.3) is 0 Å². The second-order valence-corrected chi connectivity index (χ2v) is 7.18. The summed E-state index contributed by atoms with van der Waals surface area (Å²) in [6.45, 7) is 2.68. The Bertz CT molecular complexity index is 444. The maximum Gasteiger partial charge on any atom is 0.208 e. The van der Waals surface area contributed by atoms with Gasteiger partial charge in [0.05, 0.1) is 11.8 Å². The van der Waals surface area contributed by atoms with Crippen LogP contribution in [0.5, 0.6) is 0 Å². The minimum atomic E-state index is -3.10. The first-order valence-electron chi connectivity index (χ1n) is 5.60. The Morgan fingerprint density at radius 2 is 2.47 bits per heavy atom. The molecule has 1 fully saturated rings. The summed E-state index contributed by atoms with van der Waals surface area (Å²) in [5, 5.41) is 0. The van der Waals surface area contributed by atoms with E-state index >= 15 is 0 Å². The zero-order valence-corrected chi connectivity index (χ0v) is 11.4. The normalized spacial score (nSPS) is 22.8. The van der Waals surface area contributed by atoms with E-state index in [1.807, 2.05) is 11.7 Å². The summed E-state index contributed by atoms with van der Waals surface area (Å²) in [5.74, 6) is 0. The highest BCUT2D eigenvalue weighted by molar-refractivity contribution is 7.88. The van der Waals surface area contributed by atoms with Gasteiger partial charge in [-0.25, -0.2) is 13.1 Å². The number of piperidine rings is 1. The molecule has 1 aromatic heterocycles. The zero-order chi connectivity index (χ0) is 12.3. The first-order valence-corrected chi connectivity index (χ1v) is 8.37. The van der Waals surface area contributed by atoms with Gasteiger partial charge in [-0.3, -0.25) is 9.88 Å². The average molecular weight is 275 g/mol. The van der Waals surface area contributed by atoms with Crippen molar-refractivity contribution in [3.8, 4) is 0 Å². The zero-order valence-electron chi connectivity index (χ0n) is 9.80. The van der Waals surface area contributed by atoms with Crippen molar-refractivity contribution in [2.75, 3.05) is 19.3 Å². The van der Waals surface area contributed by atoms with E-state index in [4.69, 9.17) is 0 Å². The van der Waals surface area contributed by atoms with E-state index in [0.717, 1.165) is 32.5 Å². The van der Waals surface area contributed by atoms with E-state index in [9.17, 15) is 8.42 Å². The number of hydrogen-bond acceptors (Lipinski definition) is 5. The van der Waals surface area contributed by atoms with Crippen molar-refractivity contribution in [2.24, 2.45) is 0 Å². The van der Waals surface area contributed by atoms with Gasteiger partial charge in [0.15, 0.2) is 0 Å². The molecule has 0 amide bonds. The molecule has 5 nitrogen and oxygen atoms in total. The summed E-state index contributed by atoms with van der Waals surface area (Å²) in [4.78, 5) is 7.55. The third kappa shape index (κ3) is 4.34. The fourth-order valence-corrected chi connectivity index (χ4v) is 3.57. The van der Waals surface area contributed by atoms with Gasteiger partial charge in [0.2, 0.25) is 10.0 Å². The van der Waals surface area contributed by atoms with Gasteiger partial charge in [-0.05, 0) is 19.4 Å². The molecule has 0 saturated carbocycles.